The van der Waals surface area contributed by atoms with Crippen molar-refractivity contribution in [3.63, 3.8) is 0 Å². The van der Waals surface area contributed by atoms with Crippen LogP contribution in [0.2, 0.25) is 10.0 Å². The molecular weight excluding hydrogens is 309 g/mol. The van der Waals surface area contributed by atoms with Crippen molar-refractivity contribution in [1.29, 1.82) is 0 Å². The summed E-state index contributed by atoms with van der Waals surface area (Å²) in [6.07, 6.45) is 1.89. The third-order valence-corrected chi connectivity index (χ3v) is 4.55. The number of fused-ring (bicyclic) bond motifs is 1. The second-order valence-corrected chi connectivity index (χ2v) is 6.58. The highest BCUT2D eigenvalue weighted by Gasteiger charge is 2.06. The number of hydrogen-bond donors (Lipinski definition) is 0. The molecule has 4 heteroatoms. The van der Waals surface area contributed by atoms with E-state index >= 15 is 0 Å². The summed E-state index contributed by atoms with van der Waals surface area (Å²) in [6.45, 7) is 2.11. The second kappa shape index (κ2) is 5.57. The molecule has 2 aromatic carbocycles. The molecule has 0 saturated carbocycles. The van der Waals surface area contributed by atoms with Crippen LogP contribution >= 0.6 is 34.5 Å². The van der Waals surface area contributed by atoms with Crippen molar-refractivity contribution in [3.05, 3.63) is 63.0 Å². The molecule has 1 heterocycles. The van der Waals surface area contributed by atoms with E-state index in [0.29, 0.717) is 10.0 Å². The van der Waals surface area contributed by atoms with Gasteiger partial charge in [0.2, 0.25) is 0 Å². The predicted octanol–water partition coefficient (Wildman–Crippen LogP) is 6.27. The van der Waals surface area contributed by atoms with Gasteiger partial charge < -0.3 is 0 Å². The molecule has 0 atom stereocenters. The summed E-state index contributed by atoms with van der Waals surface area (Å²) in [6, 6.07) is 13.6. The first-order valence-corrected chi connectivity index (χ1v) is 7.69. The number of rotatable bonds is 2. The molecule has 0 N–H and O–H groups in total. The van der Waals surface area contributed by atoms with Crippen molar-refractivity contribution in [1.82, 2.24) is 0 Å². The van der Waals surface area contributed by atoms with Crippen LogP contribution in [-0.4, -0.2) is 6.21 Å². The molecule has 100 valence electrons. The van der Waals surface area contributed by atoms with Gasteiger partial charge in [0, 0.05) is 36.8 Å². The molecule has 0 fully saturated rings. The van der Waals surface area contributed by atoms with E-state index in [4.69, 9.17) is 23.2 Å². The Morgan fingerprint density at radius 2 is 1.75 bits per heavy atom. The average Bonchev–Trinajstić information content (AvgIpc) is 2.71. The van der Waals surface area contributed by atoms with Crippen molar-refractivity contribution < 1.29 is 0 Å². The molecule has 0 unspecified atom stereocenters. The number of aliphatic imine (C=N–C) groups is 1. The molecule has 0 spiro atoms. The van der Waals surface area contributed by atoms with Gasteiger partial charge in [0.1, 0.15) is 0 Å². The maximum atomic E-state index is 5.98. The van der Waals surface area contributed by atoms with Crippen LogP contribution < -0.4 is 0 Å². The molecule has 3 rings (SSSR count). The molecule has 0 aliphatic heterocycles. The van der Waals surface area contributed by atoms with Crippen LogP contribution in [-0.2, 0) is 0 Å². The van der Waals surface area contributed by atoms with E-state index in [0.717, 1.165) is 11.3 Å². The second-order valence-electron chi connectivity index (χ2n) is 4.45. The minimum absolute atomic E-state index is 0.594. The lowest BCUT2D eigenvalue weighted by molar-refractivity contribution is 1.52. The first-order valence-electron chi connectivity index (χ1n) is 6.12. The molecule has 0 aliphatic rings. The van der Waals surface area contributed by atoms with Gasteiger partial charge in [-0.3, -0.25) is 4.99 Å². The Labute approximate surface area is 131 Å². The fourth-order valence-corrected chi connectivity index (χ4v) is 3.65. The van der Waals surface area contributed by atoms with Crippen LogP contribution in [0, 0.1) is 6.92 Å². The van der Waals surface area contributed by atoms with E-state index in [1.807, 2.05) is 12.3 Å². The van der Waals surface area contributed by atoms with Gasteiger partial charge >= 0.3 is 0 Å². The summed E-state index contributed by atoms with van der Waals surface area (Å²) < 4.78 is 1.27. The molecule has 1 aromatic heterocycles. The van der Waals surface area contributed by atoms with E-state index in [2.05, 4.69) is 30.1 Å². The summed E-state index contributed by atoms with van der Waals surface area (Å²) in [5.74, 6) is 0. The predicted molar refractivity (Wildman–Crippen MR) is 90.3 cm³/mol. The summed E-state index contributed by atoms with van der Waals surface area (Å²) in [5, 5.41) is 2.42. The van der Waals surface area contributed by atoms with Gasteiger partial charge in [0.25, 0.3) is 0 Å². The van der Waals surface area contributed by atoms with Gasteiger partial charge in [-0.2, -0.15) is 0 Å². The molecule has 20 heavy (non-hydrogen) atoms. The molecule has 0 bridgehead atoms. The van der Waals surface area contributed by atoms with Gasteiger partial charge in [0.15, 0.2) is 0 Å². The summed E-state index contributed by atoms with van der Waals surface area (Å²) >= 11 is 13.7. The van der Waals surface area contributed by atoms with Gasteiger partial charge in [0.05, 0.1) is 5.69 Å². The minimum atomic E-state index is 0.594. The molecule has 3 aromatic rings. The third kappa shape index (κ3) is 2.73. The van der Waals surface area contributed by atoms with Crippen molar-refractivity contribution in [2.75, 3.05) is 0 Å². The Hall–Kier alpha value is -1.35. The summed E-state index contributed by atoms with van der Waals surface area (Å²) in [4.78, 5) is 5.75. The maximum Gasteiger partial charge on any atom is 0.0659 e. The van der Waals surface area contributed by atoms with E-state index in [1.165, 1.54) is 15.0 Å². The largest absolute Gasteiger partial charge is 0.256 e. The van der Waals surface area contributed by atoms with Crippen LogP contribution in [0.4, 0.5) is 5.69 Å². The lowest BCUT2D eigenvalue weighted by Gasteiger charge is -1.97. The Bertz CT molecular complexity index is 785. The van der Waals surface area contributed by atoms with Crippen LogP contribution in [0.5, 0.6) is 0 Å². The topological polar surface area (TPSA) is 12.4 Å². The lowest BCUT2D eigenvalue weighted by Crippen LogP contribution is -1.81. The highest BCUT2D eigenvalue weighted by molar-refractivity contribution is 7.19. The number of hydrogen-bond acceptors (Lipinski definition) is 2. The SMILES string of the molecule is Cc1sc2ccccc2c1C=Nc1cc(Cl)cc(Cl)c1. The normalized spacial score (nSPS) is 11.6. The molecule has 0 aliphatic carbocycles. The zero-order valence-corrected chi connectivity index (χ0v) is 13.1. The van der Waals surface area contributed by atoms with Gasteiger partial charge in [-0.1, -0.05) is 41.4 Å². The minimum Gasteiger partial charge on any atom is -0.256 e. The van der Waals surface area contributed by atoms with Crippen molar-refractivity contribution in [2.45, 2.75) is 6.92 Å². The first kappa shape index (κ1) is 13.6. The molecule has 1 nitrogen and oxygen atoms in total. The highest BCUT2D eigenvalue weighted by atomic mass is 35.5. The number of benzene rings is 2. The monoisotopic (exact) mass is 319 g/mol. The Morgan fingerprint density at radius 3 is 2.50 bits per heavy atom. The summed E-state index contributed by atoms with van der Waals surface area (Å²) in [7, 11) is 0. The molecule has 0 radical (unpaired) electrons. The fraction of sp³-hybridized carbons (Fsp3) is 0.0625. The number of aryl methyl sites for hydroxylation is 1. The first-order chi connectivity index (χ1) is 9.63. The highest BCUT2D eigenvalue weighted by Crippen LogP contribution is 2.30. The van der Waals surface area contributed by atoms with E-state index in [1.54, 1.807) is 29.5 Å². The van der Waals surface area contributed by atoms with Crippen LogP contribution in [0.1, 0.15) is 10.4 Å². The van der Waals surface area contributed by atoms with E-state index < -0.39 is 0 Å². The molecule has 0 amide bonds. The van der Waals surface area contributed by atoms with Crippen LogP contribution in [0.15, 0.2) is 47.5 Å². The smallest absolute Gasteiger partial charge is 0.0659 e. The van der Waals surface area contributed by atoms with Crippen molar-refractivity contribution in [3.8, 4) is 0 Å². The fourth-order valence-electron chi connectivity index (χ4n) is 2.10. The third-order valence-electron chi connectivity index (χ3n) is 3.01. The van der Waals surface area contributed by atoms with E-state index in [9.17, 15) is 0 Å². The van der Waals surface area contributed by atoms with Gasteiger partial charge in [-0.15, -0.1) is 11.3 Å². The molecular formula is C16H11Cl2NS. The zero-order chi connectivity index (χ0) is 14.1. The lowest BCUT2D eigenvalue weighted by atomic mass is 10.1. The van der Waals surface area contributed by atoms with Crippen LogP contribution in [0.3, 0.4) is 0 Å². The van der Waals surface area contributed by atoms with Gasteiger partial charge in [-0.25, -0.2) is 0 Å². The maximum absolute atomic E-state index is 5.98. The van der Waals surface area contributed by atoms with Gasteiger partial charge in [-0.05, 0) is 31.2 Å². The number of nitrogens with zero attached hydrogens (tertiary/aromatic N) is 1. The zero-order valence-electron chi connectivity index (χ0n) is 10.7. The standard InChI is InChI=1S/C16H11Cl2NS/c1-10-15(14-4-2-3-5-16(14)20-10)9-19-13-7-11(17)6-12(18)8-13/h2-9H,1H3. The average molecular weight is 320 g/mol. The molecule has 0 saturated heterocycles. The quantitative estimate of drug-likeness (QED) is 0.494. The van der Waals surface area contributed by atoms with E-state index in [-0.39, 0.29) is 0 Å². The Kier molecular flexibility index (Phi) is 3.79. The number of thiophene rings is 1. The summed E-state index contributed by atoms with van der Waals surface area (Å²) in [5.41, 5.74) is 1.92. The van der Waals surface area contributed by atoms with Crippen molar-refractivity contribution in [2.24, 2.45) is 4.99 Å². The van der Waals surface area contributed by atoms with Crippen molar-refractivity contribution >= 4 is 56.5 Å². The van der Waals surface area contributed by atoms with Crippen LogP contribution in [0.25, 0.3) is 10.1 Å². The Balaban J connectivity index is 2.04. The number of halogens is 2. The Morgan fingerprint density at radius 1 is 1.05 bits per heavy atom.